The molecule has 22 heavy (non-hydrogen) atoms. The van der Waals surface area contributed by atoms with E-state index in [-0.39, 0.29) is 29.0 Å². The number of carbonyl (C=O) groups excluding carboxylic acids is 2. The van der Waals surface area contributed by atoms with Gasteiger partial charge >= 0.3 is 6.01 Å². The van der Waals surface area contributed by atoms with Crippen LogP contribution in [0.2, 0.25) is 0 Å². The number of nitrogens with one attached hydrogen (secondary N) is 1. The van der Waals surface area contributed by atoms with Crippen LogP contribution in [0.25, 0.3) is 0 Å². The summed E-state index contributed by atoms with van der Waals surface area (Å²) in [5, 5.41) is 2.95. The van der Waals surface area contributed by atoms with Crippen LogP contribution in [-0.2, 0) is 0 Å². The van der Waals surface area contributed by atoms with Crippen LogP contribution in [0.3, 0.4) is 0 Å². The first kappa shape index (κ1) is 12.5. The van der Waals surface area contributed by atoms with E-state index in [2.05, 4.69) is 10.3 Å². The lowest BCUT2D eigenvalue weighted by Crippen LogP contribution is -2.19. The Hall–Kier alpha value is -3.21. The van der Waals surface area contributed by atoms with Crippen molar-refractivity contribution in [2.45, 2.75) is 0 Å². The van der Waals surface area contributed by atoms with Crippen molar-refractivity contribution in [2.75, 3.05) is 5.32 Å². The molecule has 1 heterocycles. The highest BCUT2D eigenvalue weighted by Crippen LogP contribution is 2.29. The van der Waals surface area contributed by atoms with Crippen molar-refractivity contribution >= 4 is 23.3 Å². The number of aromatic nitrogens is 1. The van der Waals surface area contributed by atoms with Gasteiger partial charge in [0.05, 0.1) is 0 Å². The molecule has 0 atom stereocenters. The maximum absolute atomic E-state index is 12.4. The number of nitrogens with zero attached hydrogens (tertiary/aromatic N) is 1. The number of hydrogen-bond acceptors (Lipinski definition) is 5. The molecule has 0 unspecified atom stereocenters. The molecule has 2 aromatic carbocycles. The van der Waals surface area contributed by atoms with E-state index >= 15 is 0 Å². The van der Waals surface area contributed by atoms with E-state index in [1.165, 1.54) is 0 Å². The van der Waals surface area contributed by atoms with E-state index in [0.717, 1.165) is 5.69 Å². The van der Waals surface area contributed by atoms with Gasteiger partial charge in [-0.1, -0.05) is 42.5 Å². The number of ketones is 2. The Morgan fingerprint density at radius 3 is 2.18 bits per heavy atom. The molecule has 1 aromatic heterocycles. The number of hydrogen-bond donors (Lipinski definition) is 1. The molecular weight excluding hydrogens is 280 g/mol. The van der Waals surface area contributed by atoms with Crippen LogP contribution in [0, 0.1) is 0 Å². The predicted molar refractivity (Wildman–Crippen MR) is 79.5 cm³/mol. The topological polar surface area (TPSA) is 72.2 Å². The number of benzene rings is 2. The summed E-state index contributed by atoms with van der Waals surface area (Å²) in [7, 11) is 0. The molecule has 0 saturated carbocycles. The van der Waals surface area contributed by atoms with Crippen molar-refractivity contribution in [3.8, 4) is 0 Å². The summed E-state index contributed by atoms with van der Waals surface area (Å²) < 4.78 is 5.46. The van der Waals surface area contributed by atoms with Crippen LogP contribution in [-0.4, -0.2) is 16.6 Å². The predicted octanol–water partition coefficient (Wildman–Crippen LogP) is 3.19. The van der Waals surface area contributed by atoms with Gasteiger partial charge in [-0.05, 0) is 12.1 Å². The minimum atomic E-state index is -0.321. The van der Waals surface area contributed by atoms with Crippen molar-refractivity contribution < 1.29 is 14.0 Å². The Morgan fingerprint density at radius 1 is 0.818 bits per heavy atom. The Bertz CT molecular complexity index is 845. The van der Waals surface area contributed by atoms with Gasteiger partial charge in [0.2, 0.25) is 17.3 Å². The summed E-state index contributed by atoms with van der Waals surface area (Å²) in [6.07, 6.45) is 0. The van der Waals surface area contributed by atoms with Crippen LogP contribution in [0.15, 0.2) is 59.0 Å². The third-order valence-electron chi connectivity index (χ3n) is 3.49. The zero-order chi connectivity index (χ0) is 15.1. The van der Waals surface area contributed by atoms with Crippen molar-refractivity contribution in [1.82, 2.24) is 4.98 Å². The normalized spacial score (nSPS) is 12.7. The molecule has 0 bridgehead atoms. The summed E-state index contributed by atoms with van der Waals surface area (Å²) in [6, 6.07) is 16.1. The number of carbonyl (C=O) groups is 2. The maximum Gasteiger partial charge on any atom is 0.300 e. The van der Waals surface area contributed by atoms with Gasteiger partial charge in [-0.15, -0.1) is 0 Å². The molecule has 4 rings (SSSR count). The quantitative estimate of drug-likeness (QED) is 0.613. The average Bonchev–Trinajstić information content (AvgIpc) is 2.98. The molecule has 3 aromatic rings. The zero-order valence-electron chi connectivity index (χ0n) is 11.4. The lowest BCUT2D eigenvalue weighted by atomic mass is 9.91. The number of para-hydroxylation sites is 1. The van der Waals surface area contributed by atoms with Gasteiger partial charge < -0.3 is 9.73 Å². The molecule has 0 fully saturated rings. The van der Waals surface area contributed by atoms with E-state index in [1.807, 2.05) is 30.3 Å². The summed E-state index contributed by atoms with van der Waals surface area (Å²) in [5.74, 6) is -0.629. The minimum Gasteiger partial charge on any atom is -0.419 e. The maximum atomic E-state index is 12.4. The van der Waals surface area contributed by atoms with Crippen LogP contribution in [0.4, 0.5) is 11.7 Å². The van der Waals surface area contributed by atoms with Gasteiger partial charge in [-0.3, -0.25) is 9.59 Å². The molecule has 0 aliphatic heterocycles. The molecule has 0 amide bonds. The highest BCUT2D eigenvalue weighted by molar-refractivity contribution is 6.26. The van der Waals surface area contributed by atoms with E-state index in [0.29, 0.717) is 11.1 Å². The summed E-state index contributed by atoms with van der Waals surface area (Å²) in [4.78, 5) is 29.0. The summed E-state index contributed by atoms with van der Waals surface area (Å²) >= 11 is 0. The number of oxazole rings is 1. The van der Waals surface area contributed by atoms with Crippen LogP contribution < -0.4 is 5.32 Å². The monoisotopic (exact) mass is 290 g/mol. The van der Waals surface area contributed by atoms with Gasteiger partial charge in [-0.2, -0.15) is 4.98 Å². The van der Waals surface area contributed by atoms with Crippen molar-refractivity contribution in [3.05, 3.63) is 77.2 Å². The highest BCUT2D eigenvalue weighted by Gasteiger charge is 2.34. The standard InChI is InChI=1S/C17H10N2O3/c20-14-11-8-4-5-9-12(11)15(21)16-13(14)19-17(22-16)18-10-6-2-1-3-7-10/h1-9H,(H,18,19). The molecule has 0 radical (unpaired) electrons. The van der Waals surface area contributed by atoms with E-state index < -0.39 is 0 Å². The fourth-order valence-electron chi connectivity index (χ4n) is 2.46. The second-order valence-corrected chi connectivity index (χ2v) is 4.89. The molecule has 5 heteroatoms. The number of fused-ring (bicyclic) bond motifs is 2. The van der Waals surface area contributed by atoms with Gasteiger partial charge in [-0.25, -0.2) is 0 Å². The summed E-state index contributed by atoms with van der Waals surface area (Å²) in [5.41, 5.74) is 1.53. The molecule has 5 nitrogen and oxygen atoms in total. The Kier molecular flexibility index (Phi) is 2.66. The Labute approximate surface area is 125 Å². The third kappa shape index (κ3) is 1.83. The lowest BCUT2D eigenvalue weighted by Gasteiger charge is -2.10. The second kappa shape index (κ2) is 4.66. The minimum absolute atomic E-state index is 0.0119. The fourth-order valence-corrected chi connectivity index (χ4v) is 2.46. The third-order valence-corrected chi connectivity index (χ3v) is 3.49. The molecule has 0 spiro atoms. The van der Waals surface area contributed by atoms with Crippen molar-refractivity contribution in [2.24, 2.45) is 0 Å². The highest BCUT2D eigenvalue weighted by atomic mass is 16.4. The zero-order valence-corrected chi connectivity index (χ0v) is 11.4. The second-order valence-electron chi connectivity index (χ2n) is 4.89. The SMILES string of the molecule is O=C1c2ccccc2C(=O)c2oc(Nc3ccccc3)nc21. The molecule has 1 aliphatic carbocycles. The smallest absolute Gasteiger partial charge is 0.300 e. The lowest BCUT2D eigenvalue weighted by molar-refractivity contribution is 0.0959. The van der Waals surface area contributed by atoms with E-state index in [9.17, 15) is 9.59 Å². The van der Waals surface area contributed by atoms with Crippen molar-refractivity contribution in [1.29, 1.82) is 0 Å². The van der Waals surface area contributed by atoms with Gasteiger partial charge in [0.25, 0.3) is 0 Å². The first-order valence-electron chi connectivity index (χ1n) is 6.75. The van der Waals surface area contributed by atoms with Crippen LogP contribution >= 0.6 is 0 Å². The molecular formula is C17H10N2O3. The van der Waals surface area contributed by atoms with Crippen LogP contribution in [0.5, 0.6) is 0 Å². The first-order valence-corrected chi connectivity index (χ1v) is 6.75. The van der Waals surface area contributed by atoms with Gasteiger partial charge in [0.15, 0.2) is 5.69 Å². The first-order chi connectivity index (χ1) is 10.7. The Morgan fingerprint density at radius 2 is 1.45 bits per heavy atom. The average molecular weight is 290 g/mol. The van der Waals surface area contributed by atoms with Gasteiger partial charge in [0, 0.05) is 16.8 Å². The van der Waals surface area contributed by atoms with E-state index in [4.69, 9.17) is 4.42 Å². The van der Waals surface area contributed by atoms with Crippen LogP contribution in [0.1, 0.15) is 32.2 Å². The summed E-state index contributed by atoms with van der Waals surface area (Å²) in [6.45, 7) is 0. The van der Waals surface area contributed by atoms with E-state index in [1.54, 1.807) is 24.3 Å². The molecule has 106 valence electrons. The number of rotatable bonds is 2. The molecule has 1 N–H and O–H groups in total. The Balaban J connectivity index is 1.77. The largest absolute Gasteiger partial charge is 0.419 e. The molecule has 1 aliphatic rings. The fraction of sp³-hybridized carbons (Fsp3) is 0. The molecule has 0 saturated heterocycles. The number of anilines is 2. The van der Waals surface area contributed by atoms with Gasteiger partial charge in [0.1, 0.15) is 0 Å². The van der Waals surface area contributed by atoms with Crippen molar-refractivity contribution in [3.63, 3.8) is 0 Å².